The first-order valence-electron chi connectivity index (χ1n) is 4.06. The molecular weight excluding hydrogens is 201 g/mol. The monoisotopic (exact) mass is 209 g/mol. The minimum Gasteiger partial charge on any atom is -0.325 e. The molecule has 0 aliphatic heterocycles. The SMILES string of the molecule is NCc1nc(-c2ccc(F)cn2)cs1. The largest absolute Gasteiger partial charge is 0.325 e. The highest BCUT2D eigenvalue weighted by atomic mass is 32.1. The van der Waals surface area contributed by atoms with Crippen LogP contribution in [0.2, 0.25) is 0 Å². The van der Waals surface area contributed by atoms with Crippen LogP contribution in [0.15, 0.2) is 23.7 Å². The summed E-state index contributed by atoms with van der Waals surface area (Å²) in [7, 11) is 0. The number of thiazole rings is 1. The minimum absolute atomic E-state index is 0.344. The lowest BCUT2D eigenvalue weighted by Gasteiger charge is -1.94. The maximum Gasteiger partial charge on any atom is 0.141 e. The molecule has 2 heterocycles. The Morgan fingerprint density at radius 3 is 2.79 bits per heavy atom. The zero-order valence-electron chi connectivity index (χ0n) is 7.27. The van der Waals surface area contributed by atoms with E-state index in [0.717, 1.165) is 10.7 Å². The zero-order valence-corrected chi connectivity index (χ0v) is 8.09. The summed E-state index contributed by atoms with van der Waals surface area (Å²) < 4.78 is 12.6. The summed E-state index contributed by atoms with van der Waals surface area (Å²) in [6.07, 6.45) is 1.18. The third kappa shape index (κ3) is 1.78. The summed E-state index contributed by atoms with van der Waals surface area (Å²) in [6, 6.07) is 2.97. The van der Waals surface area contributed by atoms with Crippen molar-refractivity contribution in [3.8, 4) is 11.4 Å². The molecule has 0 amide bonds. The van der Waals surface area contributed by atoms with Crippen molar-refractivity contribution in [2.75, 3.05) is 0 Å². The minimum atomic E-state index is -0.344. The van der Waals surface area contributed by atoms with Crippen molar-refractivity contribution in [1.29, 1.82) is 0 Å². The molecule has 2 rings (SSSR count). The number of nitrogens with zero attached hydrogens (tertiary/aromatic N) is 2. The molecule has 0 bridgehead atoms. The van der Waals surface area contributed by atoms with Crippen molar-refractivity contribution in [3.05, 3.63) is 34.5 Å². The molecule has 0 aromatic carbocycles. The maximum absolute atomic E-state index is 12.6. The molecule has 5 heteroatoms. The van der Waals surface area contributed by atoms with Crippen molar-refractivity contribution >= 4 is 11.3 Å². The average molecular weight is 209 g/mol. The summed E-state index contributed by atoms with van der Waals surface area (Å²) in [6.45, 7) is 0.422. The Balaban J connectivity index is 2.34. The Hall–Kier alpha value is -1.33. The summed E-state index contributed by atoms with van der Waals surface area (Å²) >= 11 is 1.48. The molecule has 2 aromatic heterocycles. The first-order valence-corrected chi connectivity index (χ1v) is 4.94. The van der Waals surface area contributed by atoms with Gasteiger partial charge in [0.15, 0.2) is 0 Å². The lowest BCUT2D eigenvalue weighted by molar-refractivity contribution is 0.622. The Kier molecular flexibility index (Phi) is 2.51. The fourth-order valence-electron chi connectivity index (χ4n) is 1.05. The summed E-state index contributed by atoms with van der Waals surface area (Å²) in [4.78, 5) is 8.16. The van der Waals surface area contributed by atoms with Gasteiger partial charge in [-0.3, -0.25) is 4.98 Å². The van der Waals surface area contributed by atoms with Crippen molar-refractivity contribution in [2.45, 2.75) is 6.54 Å². The van der Waals surface area contributed by atoms with Gasteiger partial charge in [0.1, 0.15) is 10.8 Å². The van der Waals surface area contributed by atoms with E-state index in [2.05, 4.69) is 9.97 Å². The van der Waals surface area contributed by atoms with Gasteiger partial charge in [-0.2, -0.15) is 0 Å². The third-order valence-corrected chi connectivity index (χ3v) is 2.59. The van der Waals surface area contributed by atoms with Crippen molar-refractivity contribution in [2.24, 2.45) is 5.73 Å². The van der Waals surface area contributed by atoms with E-state index in [0.29, 0.717) is 12.2 Å². The lowest BCUT2D eigenvalue weighted by Crippen LogP contribution is -1.94. The van der Waals surface area contributed by atoms with Gasteiger partial charge in [-0.05, 0) is 12.1 Å². The summed E-state index contributed by atoms with van der Waals surface area (Å²) in [5.74, 6) is -0.344. The van der Waals surface area contributed by atoms with Gasteiger partial charge in [-0.25, -0.2) is 9.37 Å². The van der Waals surface area contributed by atoms with Crippen LogP contribution in [0, 0.1) is 5.82 Å². The molecule has 0 saturated carbocycles. The first-order chi connectivity index (χ1) is 6.79. The van der Waals surface area contributed by atoms with E-state index in [4.69, 9.17) is 5.73 Å². The molecule has 2 N–H and O–H groups in total. The van der Waals surface area contributed by atoms with E-state index in [1.807, 2.05) is 5.38 Å². The molecule has 0 atom stereocenters. The Morgan fingerprint density at radius 1 is 1.36 bits per heavy atom. The molecule has 0 aliphatic carbocycles. The average Bonchev–Trinajstić information content (AvgIpc) is 2.67. The maximum atomic E-state index is 12.6. The van der Waals surface area contributed by atoms with E-state index < -0.39 is 0 Å². The lowest BCUT2D eigenvalue weighted by atomic mass is 10.3. The number of hydrogen-bond donors (Lipinski definition) is 1. The van der Waals surface area contributed by atoms with Crippen LogP contribution in [0.25, 0.3) is 11.4 Å². The quantitative estimate of drug-likeness (QED) is 0.820. The normalized spacial score (nSPS) is 10.4. The highest BCUT2D eigenvalue weighted by Crippen LogP contribution is 2.19. The molecule has 72 valence electrons. The zero-order chi connectivity index (χ0) is 9.97. The Bertz CT molecular complexity index is 424. The van der Waals surface area contributed by atoms with Gasteiger partial charge in [0, 0.05) is 11.9 Å². The molecule has 0 aliphatic rings. The second-order valence-electron chi connectivity index (χ2n) is 2.69. The second-order valence-corrected chi connectivity index (χ2v) is 3.63. The number of hydrogen-bond acceptors (Lipinski definition) is 4. The van der Waals surface area contributed by atoms with E-state index in [9.17, 15) is 4.39 Å². The van der Waals surface area contributed by atoms with Gasteiger partial charge in [0.05, 0.1) is 17.6 Å². The van der Waals surface area contributed by atoms with Gasteiger partial charge in [0.2, 0.25) is 0 Å². The fraction of sp³-hybridized carbons (Fsp3) is 0.111. The highest BCUT2D eigenvalue weighted by molar-refractivity contribution is 7.09. The predicted octanol–water partition coefficient (Wildman–Crippen LogP) is 1.80. The van der Waals surface area contributed by atoms with Gasteiger partial charge < -0.3 is 5.73 Å². The fourth-order valence-corrected chi connectivity index (χ4v) is 1.72. The topological polar surface area (TPSA) is 51.8 Å². The summed E-state index contributed by atoms with van der Waals surface area (Å²) in [5.41, 5.74) is 6.85. The van der Waals surface area contributed by atoms with Crippen molar-refractivity contribution in [1.82, 2.24) is 9.97 Å². The van der Waals surface area contributed by atoms with Gasteiger partial charge in [-0.15, -0.1) is 11.3 Å². The Labute approximate surface area is 84.4 Å². The van der Waals surface area contributed by atoms with E-state index in [1.54, 1.807) is 6.07 Å². The molecule has 2 aromatic rings. The second kappa shape index (κ2) is 3.81. The Morgan fingerprint density at radius 2 is 2.21 bits per heavy atom. The smallest absolute Gasteiger partial charge is 0.141 e. The molecule has 0 saturated heterocycles. The van der Waals surface area contributed by atoms with Gasteiger partial charge in [-0.1, -0.05) is 0 Å². The number of nitrogens with two attached hydrogens (primary N) is 1. The van der Waals surface area contributed by atoms with Crippen LogP contribution in [0.4, 0.5) is 4.39 Å². The standard InChI is InChI=1S/C9H8FN3S/c10-6-1-2-7(12-4-6)8-5-14-9(3-11)13-8/h1-2,4-5H,3,11H2. The van der Waals surface area contributed by atoms with E-state index >= 15 is 0 Å². The number of aromatic nitrogens is 2. The van der Waals surface area contributed by atoms with Crippen molar-refractivity contribution in [3.63, 3.8) is 0 Å². The molecule has 3 nitrogen and oxygen atoms in total. The predicted molar refractivity (Wildman–Crippen MR) is 53.2 cm³/mol. The molecule has 14 heavy (non-hydrogen) atoms. The number of rotatable bonds is 2. The van der Waals surface area contributed by atoms with Crippen LogP contribution in [0.5, 0.6) is 0 Å². The number of pyridine rings is 1. The third-order valence-electron chi connectivity index (χ3n) is 1.72. The molecular formula is C9H8FN3S. The highest BCUT2D eigenvalue weighted by Gasteiger charge is 2.04. The van der Waals surface area contributed by atoms with E-state index in [1.165, 1.54) is 23.6 Å². The van der Waals surface area contributed by atoms with Crippen molar-refractivity contribution < 1.29 is 4.39 Å². The molecule has 0 fully saturated rings. The molecule has 0 radical (unpaired) electrons. The van der Waals surface area contributed by atoms with Gasteiger partial charge >= 0.3 is 0 Å². The summed E-state index contributed by atoms with van der Waals surface area (Å²) in [5, 5.41) is 2.72. The van der Waals surface area contributed by atoms with Gasteiger partial charge in [0.25, 0.3) is 0 Å². The van der Waals surface area contributed by atoms with Crippen LogP contribution < -0.4 is 5.73 Å². The van der Waals surface area contributed by atoms with Crippen LogP contribution in [0.1, 0.15) is 5.01 Å². The number of halogens is 1. The van der Waals surface area contributed by atoms with Crippen LogP contribution in [0.3, 0.4) is 0 Å². The molecule has 0 spiro atoms. The first kappa shape index (κ1) is 9.23. The van der Waals surface area contributed by atoms with Crippen LogP contribution in [-0.4, -0.2) is 9.97 Å². The van der Waals surface area contributed by atoms with Crippen LogP contribution >= 0.6 is 11.3 Å². The van der Waals surface area contributed by atoms with Crippen LogP contribution in [-0.2, 0) is 6.54 Å². The molecule has 0 unspecified atom stereocenters. The van der Waals surface area contributed by atoms with E-state index in [-0.39, 0.29) is 5.82 Å².